The van der Waals surface area contributed by atoms with Crippen LogP contribution in [0.5, 0.6) is 0 Å². The highest BCUT2D eigenvalue weighted by Crippen LogP contribution is 2.31. The topological polar surface area (TPSA) is 19.4 Å². The quantitative estimate of drug-likeness (QED) is 0.797. The van der Waals surface area contributed by atoms with E-state index in [1.165, 1.54) is 24.9 Å². The van der Waals surface area contributed by atoms with Crippen molar-refractivity contribution in [3.8, 4) is 0 Å². The first-order valence-corrected chi connectivity index (χ1v) is 6.67. The van der Waals surface area contributed by atoms with Gasteiger partial charge < -0.3 is 4.90 Å². The fourth-order valence-corrected chi connectivity index (χ4v) is 2.56. The highest BCUT2D eigenvalue weighted by atomic mass is 15.2. The van der Waals surface area contributed by atoms with Crippen molar-refractivity contribution in [3.05, 3.63) is 23.9 Å². The summed E-state index contributed by atoms with van der Waals surface area (Å²) < 4.78 is 0. The lowest BCUT2D eigenvalue weighted by Gasteiger charge is -2.23. The number of likely N-dealkylation sites (tertiary alicyclic amines) is 1. The monoisotopic (exact) mass is 233 g/mol. The molecule has 2 rings (SSSR count). The second-order valence-electron chi connectivity index (χ2n) is 4.75. The maximum atomic E-state index is 4.56. The van der Waals surface area contributed by atoms with Crippen molar-refractivity contribution in [2.24, 2.45) is 0 Å². The fraction of sp³-hybridized carbons (Fsp3) is 0.643. The van der Waals surface area contributed by atoms with E-state index in [9.17, 15) is 0 Å². The van der Waals surface area contributed by atoms with E-state index in [1.807, 2.05) is 0 Å². The van der Waals surface area contributed by atoms with Crippen LogP contribution in [0.2, 0.25) is 0 Å². The molecule has 94 valence electrons. The van der Waals surface area contributed by atoms with Crippen molar-refractivity contribution in [1.82, 2.24) is 9.88 Å². The van der Waals surface area contributed by atoms with Gasteiger partial charge in [0.1, 0.15) is 5.82 Å². The summed E-state index contributed by atoms with van der Waals surface area (Å²) in [6.45, 7) is 7.76. The molecule has 1 saturated heterocycles. The van der Waals surface area contributed by atoms with E-state index in [-0.39, 0.29) is 0 Å². The van der Waals surface area contributed by atoms with E-state index < -0.39 is 0 Å². The van der Waals surface area contributed by atoms with Gasteiger partial charge in [-0.3, -0.25) is 4.90 Å². The summed E-state index contributed by atoms with van der Waals surface area (Å²) in [6.07, 6.45) is 4.65. The minimum Gasteiger partial charge on any atom is -0.360 e. The largest absolute Gasteiger partial charge is 0.360 e. The molecule has 0 radical (unpaired) electrons. The van der Waals surface area contributed by atoms with Crippen LogP contribution in [-0.2, 0) is 0 Å². The molecule has 0 unspecified atom stereocenters. The van der Waals surface area contributed by atoms with Crippen LogP contribution in [0, 0.1) is 0 Å². The van der Waals surface area contributed by atoms with Crippen LogP contribution in [0.1, 0.15) is 38.3 Å². The van der Waals surface area contributed by atoms with Gasteiger partial charge in [-0.1, -0.05) is 13.0 Å². The maximum absolute atomic E-state index is 4.56. The van der Waals surface area contributed by atoms with Gasteiger partial charge in [0.15, 0.2) is 0 Å². The third-order valence-corrected chi connectivity index (χ3v) is 3.79. The highest BCUT2D eigenvalue weighted by Gasteiger charge is 2.24. The molecule has 1 aromatic heterocycles. The molecule has 0 aliphatic carbocycles. The summed E-state index contributed by atoms with van der Waals surface area (Å²) in [5, 5.41) is 0. The van der Waals surface area contributed by atoms with E-state index in [2.05, 4.69) is 54.0 Å². The minimum atomic E-state index is 0.591. The maximum Gasteiger partial charge on any atom is 0.128 e. The molecule has 0 aromatic carbocycles. The van der Waals surface area contributed by atoms with Gasteiger partial charge in [0.05, 0.1) is 0 Å². The Morgan fingerprint density at radius 3 is 2.82 bits per heavy atom. The number of hydrogen-bond donors (Lipinski definition) is 0. The van der Waals surface area contributed by atoms with Gasteiger partial charge in [-0.05, 0) is 44.5 Å². The highest BCUT2D eigenvalue weighted by molar-refractivity contribution is 5.38. The molecule has 1 fully saturated rings. The average Bonchev–Trinajstić information content (AvgIpc) is 2.86. The lowest BCUT2D eigenvalue weighted by atomic mass is 10.1. The first-order valence-electron chi connectivity index (χ1n) is 6.67. The van der Waals surface area contributed by atoms with Crippen LogP contribution in [0.4, 0.5) is 5.82 Å². The molecule has 2 heterocycles. The standard InChI is InChI=1S/C14H23N3/c1-4-16(3)14-9-8-12(11-15-14)13-7-6-10-17(13)5-2/h8-9,11,13H,4-7,10H2,1-3H3/t13-/m1/s1. The van der Waals surface area contributed by atoms with Crippen LogP contribution in [0.25, 0.3) is 0 Å². The number of anilines is 1. The lowest BCUT2D eigenvalue weighted by Crippen LogP contribution is -2.23. The smallest absolute Gasteiger partial charge is 0.128 e. The molecular weight excluding hydrogens is 210 g/mol. The van der Waals surface area contributed by atoms with E-state index >= 15 is 0 Å². The van der Waals surface area contributed by atoms with Gasteiger partial charge in [0, 0.05) is 25.8 Å². The molecule has 0 amide bonds. The Balaban J connectivity index is 2.12. The van der Waals surface area contributed by atoms with Crippen molar-refractivity contribution in [1.29, 1.82) is 0 Å². The molecule has 1 aromatic rings. The van der Waals surface area contributed by atoms with Gasteiger partial charge in [0.25, 0.3) is 0 Å². The van der Waals surface area contributed by atoms with Crippen molar-refractivity contribution >= 4 is 5.82 Å². The number of hydrogen-bond acceptors (Lipinski definition) is 3. The Hall–Kier alpha value is -1.09. The zero-order chi connectivity index (χ0) is 12.3. The molecule has 0 bridgehead atoms. The number of aromatic nitrogens is 1. The van der Waals surface area contributed by atoms with Crippen LogP contribution in [0.3, 0.4) is 0 Å². The van der Waals surface area contributed by atoms with Crippen molar-refractivity contribution < 1.29 is 0 Å². The van der Waals surface area contributed by atoms with Crippen LogP contribution in [0.15, 0.2) is 18.3 Å². The summed E-state index contributed by atoms with van der Waals surface area (Å²) in [5.41, 5.74) is 1.37. The van der Waals surface area contributed by atoms with Crippen LogP contribution >= 0.6 is 0 Å². The number of rotatable bonds is 4. The molecule has 17 heavy (non-hydrogen) atoms. The Bertz CT molecular complexity index is 347. The van der Waals surface area contributed by atoms with Gasteiger partial charge in [-0.15, -0.1) is 0 Å². The third kappa shape index (κ3) is 2.60. The SMILES string of the molecule is CCN(C)c1ccc([C@H]2CCCN2CC)cn1. The molecular formula is C14H23N3. The average molecular weight is 233 g/mol. The van der Waals surface area contributed by atoms with Crippen molar-refractivity contribution in [3.63, 3.8) is 0 Å². The minimum absolute atomic E-state index is 0.591. The summed E-state index contributed by atoms with van der Waals surface area (Å²) in [7, 11) is 2.08. The fourth-order valence-electron chi connectivity index (χ4n) is 2.56. The molecule has 1 aliphatic heterocycles. The second kappa shape index (κ2) is 5.50. The van der Waals surface area contributed by atoms with Gasteiger partial charge in [0.2, 0.25) is 0 Å². The first kappa shape index (κ1) is 12.4. The summed E-state index contributed by atoms with van der Waals surface area (Å²) in [5.74, 6) is 1.07. The molecule has 1 atom stereocenters. The molecule has 0 N–H and O–H groups in total. The normalized spacial score (nSPS) is 20.8. The summed E-state index contributed by atoms with van der Waals surface area (Å²) in [6, 6.07) is 4.98. The van der Waals surface area contributed by atoms with Gasteiger partial charge in [-0.2, -0.15) is 0 Å². The zero-order valence-corrected chi connectivity index (χ0v) is 11.2. The van der Waals surface area contributed by atoms with Crippen molar-refractivity contribution in [2.75, 3.05) is 31.6 Å². The third-order valence-electron chi connectivity index (χ3n) is 3.79. The van der Waals surface area contributed by atoms with Gasteiger partial charge >= 0.3 is 0 Å². The van der Waals surface area contributed by atoms with Crippen LogP contribution in [-0.4, -0.2) is 36.6 Å². The van der Waals surface area contributed by atoms with E-state index in [1.54, 1.807) is 0 Å². The molecule has 0 spiro atoms. The molecule has 3 heteroatoms. The van der Waals surface area contributed by atoms with E-state index in [0.717, 1.165) is 18.9 Å². The molecule has 3 nitrogen and oxygen atoms in total. The zero-order valence-electron chi connectivity index (χ0n) is 11.2. The summed E-state index contributed by atoms with van der Waals surface area (Å²) in [4.78, 5) is 9.27. The number of nitrogens with zero attached hydrogens (tertiary/aromatic N) is 3. The Morgan fingerprint density at radius 2 is 2.24 bits per heavy atom. The first-order chi connectivity index (χ1) is 8.26. The predicted molar refractivity (Wildman–Crippen MR) is 72.4 cm³/mol. The van der Waals surface area contributed by atoms with E-state index in [4.69, 9.17) is 0 Å². The second-order valence-corrected chi connectivity index (χ2v) is 4.75. The van der Waals surface area contributed by atoms with Gasteiger partial charge in [-0.25, -0.2) is 4.98 Å². The van der Waals surface area contributed by atoms with Crippen molar-refractivity contribution in [2.45, 2.75) is 32.7 Å². The Morgan fingerprint density at radius 1 is 1.41 bits per heavy atom. The molecule has 1 aliphatic rings. The predicted octanol–water partition coefficient (Wildman–Crippen LogP) is 2.69. The van der Waals surface area contributed by atoms with Crippen LogP contribution < -0.4 is 4.90 Å². The Kier molecular flexibility index (Phi) is 4.00. The lowest BCUT2D eigenvalue weighted by molar-refractivity contribution is 0.271. The number of pyridine rings is 1. The molecule has 0 saturated carbocycles. The van der Waals surface area contributed by atoms with E-state index in [0.29, 0.717) is 6.04 Å². The Labute approximate surface area is 104 Å². The summed E-state index contributed by atoms with van der Waals surface area (Å²) >= 11 is 0.